The molecule has 7 heteroatoms. The summed E-state index contributed by atoms with van der Waals surface area (Å²) < 4.78 is 1.53. The van der Waals surface area contributed by atoms with E-state index in [1.807, 2.05) is 12.1 Å². The van der Waals surface area contributed by atoms with Gasteiger partial charge in [0.1, 0.15) is 10.4 Å². The van der Waals surface area contributed by atoms with Gasteiger partial charge >= 0.3 is 0 Å². The van der Waals surface area contributed by atoms with Gasteiger partial charge in [-0.25, -0.2) is 4.98 Å². The molecule has 1 unspecified atom stereocenters. The van der Waals surface area contributed by atoms with Crippen LogP contribution in [0.15, 0.2) is 21.2 Å². The normalized spacial score (nSPS) is 19.0. The van der Waals surface area contributed by atoms with Crippen molar-refractivity contribution in [1.82, 2.24) is 4.98 Å². The molecular formula is C12H12Br2N2O2S. The summed E-state index contributed by atoms with van der Waals surface area (Å²) in [6, 6.07) is 3.67. The second kappa shape index (κ2) is 6.37. The molecule has 1 fully saturated rings. The summed E-state index contributed by atoms with van der Waals surface area (Å²) in [6.07, 6.45) is 0.482. The summed E-state index contributed by atoms with van der Waals surface area (Å²) in [6.45, 7) is 2.17. The first-order valence-electron chi connectivity index (χ1n) is 5.73. The van der Waals surface area contributed by atoms with Crippen molar-refractivity contribution in [2.45, 2.75) is 13.3 Å². The first-order chi connectivity index (χ1) is 8.97. The first kappa shape index (κ1) is 15.0. The van der Waals surface area contributed by atoms with Crippen LogP contribution in [-0.2, 0) is 9.59 Å². The molecule has 1 aliphatic heterocycles. The topological polar surface area (TPSA) is 50.3 Å². The molecule has 2 heterocycles. The smallest absolute Gasteiger partial charge is 0.228 e. The van der Waals surface area contributed by atoms with Gasteiger partial charge in [-0.15, -0.1) is 0 Å². The monoisotopic (exact) mass is 406 g/mol. The summed E-state index contributed by atoms with van der Waals surface area (Å²) in [5.74, 6) is 1.62. The van der Waals surface area contributed by atoms with E-state index in [0.29, 0.717) is 29.1 Å². The van der Waals surface area contributed by atoms with E-state index in [-0.39, 0.29) is 16.9 Å². The predicted octanol–water partition coefficient (Wildman–Crippen LogP) is 3.24. The summed E-state index contributed by atoms with van der Waals surface area (Å²) in [4.78, 5) is 29.0. The third kappa shape index (κ3) is 3.79. The Kier molecular flexibility index (Phi) is 5.03. The molecule has 4 nitrogen and oxygen atoms in total. The van der Waals surface area contributed by atoms with Crippen LogP contribution >= 0.6 is 43.6 Å². The molecule has 102 valence electrons. The van der Waals surface area contributed by atoms with Gasteiger partial charge in [0, 0.05) is 25.6 Å². The lowest BCUT2D eigenvalue weighted by molar-refractivity contribution is -0.117. The lowest BCUT2D eigenvalue weighted by atomic mass is 10.1. The number of pyridine rings is 1. The zero-order valence-electron chi connectivity index (χ0n) is 10.2. The summed E-state index contributed by atoms with van der Waals surface area (Å²) in [5, 5.41) is 0.0930. The molecule has 1 saturated heterocycles. The molecule has 0 radical (unpaired) electrons. The van der Waals surface area contributed by atoms with Crippen molar-refractivity contribution in [2.24, 2.45) is 5.92 Å². The third-order valence-electron chi connectivity index (χ3n) is 2.79. The first-order valence-corrected chi connectivity index (χ1v) is 8.30. The van der Waals surface area contributed by atoms with Gasteiger partial charge in [-0.1, -0.05) is 11.8 Å². The van der Waals surface area contributed by atoms with Crippen LogP contribution in [0.3, 0.4) is 0 Å². The molecule has 0 aromatic carbocycles. The van der Waals surface area contributed by atoms with Crippen LogP contribution in [0.25, 0.3) is 0 Å². The number of amides is 1. The van der Waals surface area contributed by atoms with E-state index < -0.39 is 0 Å². The second-order valence-electron chi connectivity index (χ2n) is 4.32. The zero-order valence-corrected chi connectivity index (χ0v) is 14.2. The maximum absolute atomic E-state index is 12.0. The Morgan fingerprint density at radius 1 is 1.53 bits per heavy atom. The van der Waals surface area contributed by atoms with Crippen LogP contribution in [0.4, 0.5) is 5.82 Å². The number of aromatic nitrogens is 1. The second-order valence-corrected chi connectivity index (χ2v) is 7.12. The number of hydrogen-bond acceptors (Lipinski definition) is 4. The van der Waals surface area contributed by atoms with Crippen molar-refractivity contribution in [1.29, 1.82) is 0 Å². The van der Waals surface area contributed by atoms with Crippen molar-refractivity contribution >= 4 is 60.5 Å². The average Bonchev–Trinajstić information content (AvgIpc) is 2.72. The fourth-order valence-electron chi connectivity index (χ4n) is 1.91. The number of carbonyl (C=O) groups excluding carboxylic acids is 2. The van der Waals surface area contributed by atoms with Gasteiger partial charge in [0.25, 0.3) is 0 Å². The lowest BCUT2D eigenvalue weighted by Crippen LogP contribution is -2.25. The molecule has 0 aliphatic carbocycles. The van der Waals surface area contributed by atoms with Crippen LogP contribution < -0.4 is 4.90 Å². The van der Waals surface area contributed by atoms with Crippen molar-refractivity contribution in [3.05, 3.63) is 21.2 Å². The number of anilines is 1. The highest BCUT2D eigenvalue weighted by Crippen LogP contribution is 2.29. The minimum atomic E-state index is 0.0656. The molecule has 1 aromatic rings. The van der Waals surface area contributed by atoms with Gasteiger partial charge in [0.2, 0.25) is 5.91 Å². The Labute approximate surface area is 132 Å². The third-order valence-corrected chi connectivity index (χ3v) is 5.61. The van der Waals surface area contributed by atoms with Gasteiger partial charge in [-0.2, -0.15) is 0 Å². The molecule has 0 N–H and O–H groups in total. The predicted molar refractivity (Wildman–Crippen MR) is 83.2 cm³/mol. The highest BCUT2D eigenvalue weighted by atomic mass is 79.9. The number of halogens is 2. The largest absolute Gasteiger partial charge is 0.296 e. The fraction of sp³-hybridized carbons (Fsp3) is 0.417. The number of thioether (sulfide) groups is 1. The molecule has 19 heavy (non-hydrogen) atoms. The number of rotatable bonds is 3. The number of nitrogens with zero attached hydrogens (tertiary/aromatic N) is 2. The van der Waals surface area contributed by atoms with Crippen LogP contribution in [0.1, 0.15) is 13.3 Å². The van der Waals surface area contributed by atoms with Crippen LogP contribution in [0.5, 0.6) is 0 Å². The summed E-state index contributed by atoms with van der Waals surface area (Å²) in [7, 11) is 0. The van der Waals surface area contributed by atoms with Gasteiger partial charge in [-0.05, 0) is 49.9 Å². The zero-order chi connectivity index (χ0) is 14.0. The molecule has 0 bridgehead atoms. The maximum atomic E-state index is 12.0. The standard InChI is InChI=1S/C12H12Br2N2O2S/c1-7(17)19-6-8-4-11(18)16(5-8)10-3-2-9(13)12(14)15-10/h2-3,8H,4-6H2,1H3. The Balaban J connectivity index is 2.07. The molecule has 1 aliphatic rings. The van der Waals surface area contributed by atoms with Gasteiger partial charge < -0.3 is 0 Å². The van der Waals surface area contributed by atoms with Gasteiger partial charge in [0.05, 0.1) is 4.47 Å². The van der Waals surface area contributed by atoms with Crippen molar-refractivity contribution in [3.8, 4) is 0 Å². The van der Waals surface area contributed by atoms with E-state index in [4.69, 9.17) is 0 Å². The van der Waals surface area contributed by atoms with E-state index in [1.54, 1.807) is 11.8 Å². The highest BCUT2D eigenvalue weighted by Gasteiger charge is 2.31. The molecule has 1 amide bonds. The quantitative estimate of drug-likeness (QED) is 0.721. The highest BCUT2D eigenvalue weighted by molar-refractivity contribution is 9.13. The number of hydrogen-bond donors (Lipinski definition) is 0. The van der Waals surface area contributed by atoms with E-state index in [9.17, 15) is 9.59 Å². The van der Waals surface area contributed by atoms with E-state index in [0.717, 1.165) is 4.47 Å². The van der Waals surface area contributed by atoms with Crippen LogP contribution in [-0.4, -0.2) is 28.3 Å². The van der Waals surface area contributed by atoms with Crippen molar-refractivity contribution in [3.63, 3.8) is 0 Å². The lowest BCUT2D eigenvalue weighted by Gasteiger charge is -2.16. The van der Waals surface area contributed by atoms with E-state index in [1.165, 1.54) is 11.8 Å². The van der Waals surface area contributed by atoms with Gasteiger partial charge in [-0.3, -0.25) is 14.5 Å². The fourth-order valence-corrected chi connectivity index (χ4v) is 3.14. The molecule has 1 atom stereocenters. The summed E-state index contributed by atoms with van der Waals surface area (Å²) >= 11 is 7.96. The average molecular weight is 408 g/mol. The number of carbonyl (C=O) groups is 2. The molecule has 0 spiro atoms. The van der Waals surface area contributed by atoms with Crippen molar-refractivity contribution in [2.75, 3.05) is 17.2 Å². The Hall–Kier alpha value is -0.400. The minimum Gasteiger partial charge on any atom is -0.296 e. The minimum absolute atomic E-state index is 0.0656. The molecule has 2 rings (SSSR count). The van der Waals surface area contributed by atoms with E-state index >= 15 is 0 Å². The molecular weight excluding hydrogens is 396 g/mol. The van der Waals surface area contributed by atoms with Crippen LogP contribution in [0.2, 0.25) is 0 Å². The SMILES string of the molecule is CC(=O)SCC1CC(=O)N(c2ccc(Br)c(Br)n2)C1. The van der Waals surface area contributed by atoms with E-state index in [2.05, 4.69) is 36.8 Å². The Bertz CT molecular complexity index is 524. The molecule has 0 saturated carbocycles. The summed E-state index contributed by atoms with van der Waals surface area (Å²) in [5.41, 5.74) is 0. The Morgan fingerprint density at radius 2 is 2.26 bits per heavy atom. The Morgan fingerprint density at radius 3 is 2.89 bits per heavy atom. The maximum Gasteiger partial charge on any atom is 0.228 e. The molecule has 1 aromatic heterocycles. The van der Waals surface area contributed by atoms with Crippen LogP contribution in [0, 0.1) is 5.92 Å². The van der Waals surface area contributed by atoms with Gasteiger partial charge in [0.15, 0.2) is 5.12 Å². The van der Waals surface area contributed by atoms with Crippen molar-refractivity contribution < 1.29 is 9.59 Å².